The molecule has 1 aromatic rings. The molecule has 3 N–H and O–H groups in total. The van der Waals surface area contributed by atoms with E-state index in [-0.39, 0.29) is 5.56 Å². The number of hydrogen-bond donors (Lipinski definition) is 3. The SMILES string of the molecule is O=C1O[C@@]([C@@H](O)CO)(N2CCCCC2)C(OC(c2ccccc2)[N+](=O)[O-])=C1O. The highest BCUT2D eigenvalue weighted by Crippen LogP contribution is 2.42. The van der Waals surface area contributed by atoms with Gasteiger partial charge in [0.05, 0.1) is 17.1 Å². The Bertz CT molecular complexity index is 762. The van der Waals surface area contributed by atoms with Crippen LogP contribution in [0.15, 0.2) is 41.9 Å². The Hall–Kier alpha value is -2.69. The summed E-state index contributed by atoms with van der Waals surface area (Å²) in [6.45, 7) is -0.0315. The number of piperidine rings is 1. The Kier molecular flexibility index (Phi) is 5.82. The summed E-state index contributed by atoms with van der Waals surface area (Å²) < 4.78 is 10.8. The number of aliphatic hydroxyl groups excluding tert-OH is 3. The van der Waals surface area contributed by atoms with E-state index in [0.29, 0.717) is 13.1 Å². The molecule has 152 valence electrons. The van der Waals surface area contributed by atoms with E-state index in [1.54, 1.807) is 23.1 Å². The lowest BCUT2D eigenvalue weighted by Gasteiger charge is -2.44. The van der Waals surface area contributed by atoms with E-state index in [1.807, 2.05) is 0 Å². The topological polar surface area (TPSA) is 143 Å². The first-order chi connectivity index (χ1) is 13.4. The second-order valence-corrected chi connectivity index (χ2v) is 6.68. The minimum absolute atomic E-state index is 0.179. The van der Waals surface area contributed by atoms with Gasteiger partial charge in [-0.2, -0.15) is 0 Å². The molecule has 1 fully saturated rings. The lowest BCUT2D eigenvalue weighted by molar-refractivity contribution is -0.581. The maximum Gasteiger partial charge on any atom is 0.380 e. The van der Waals surface area contributed by atoms with Crippen LogP contribution in [0.4, 0.5) is 0 Å². The van der Waals surface area contributed by atoms with Crippen LogP contribution >= 0.6 is 0 Å². The van der Waals surface area contributed by atoms with Gasteiger partial charge in [0, 0.05) is 13.1 Å². The highest BCUT2D eigenvalue weighted by molar-refractivity contribution is 5.90. The fourth-order valence-corrected chi connectivity index (χ4v) is 3.59. The van der Waals surface area contributed by atoms with Crippen molar-refractivity contribution in [3.63, 3.8) is 0 Å². The van der Waals surface area contributed by atoms with Crippen LogP contribution in [0, 0.1) is 10.1 Å². The van der Waals surface area contributed by atoms with Gasteiger partial charge in [-0.1, -0.05) is 24.6 Å². The average molecular weight is 394 g/mol. The molecule has 3 rings (SSSR count). The zero-order valence-corrected chi connectivity index (χ0v) is 15.1. The number of carbonyl (C=O) groups excluding carboxylic acids is 1. The molecule has 2 aliphatic heterocycles. The predicted octanol–water partition coefficient (Wildman–Crippen LogP) is 0.840. The largest absolute Gasteiger partial charge is 0.499 e. The maximum atomic E-state index is 12.2. The van der Waals surface area contributed by atoms with Gasteiger partial charge in [-0.3, -0.25) is 15.0 Å². The van der Waals surface area contributed by atoms with Crippen LogP contribution < -0.4 is 0 Å². The lowest BCUT2D eigenvalue weighted by Crippen LogP contribution is -2.61. The molecule has 0 radical (unpaired) electrons. The molecule has 1 saturated heterocycles. The van der Waals surface area contributed by atoms with Crippen LogP contribution in [-0.4, -0.2) is 62.6 Å². The number of carbonyl (C=O) groups is 1. The van der Waals surface area contributed by atoms with Gasteiger partial charge in [0.15, 0.2) is 0 Å². The number of cyclic esters (lactones) is 1. The molecular weight excluding hydrogens is 372 g/mol. The van der Waals surface area contributed by atoms with Gasteiger partial charge >= 0.3 is 12.2 Å². The van der Waals surface area contributed by atoms with Gasteiger partial charge in [-0.15, -0.1) is 0 Å². The Balaban J connectivity index is 2.05. The van der Waals surface area contributed by atoms with E-state index in [0.717, 1.165) is 19.3 Å². The normalized spacial score (nSPS) is 25.3. The molecule has 3 atom stereocenters. The van der Waals surface area contributed by atoms with E-state index in [4.69, 9.17) is 9.47 Å². The smallest absolute Gasteiger partial charge is 0.380 e. The van der Waals surface area contributed by atoms with Crippen molar-refractivity contribution >= 4 is 5.97 Å². The van der Waals surface area contributed by atoms with Crippen molar-refractivity contribution in [2.24, 2.45) is 0 Å². The van der Waals surface area contributed by atoms with Crippen LogP contribution in [-0.2, 0) is 14.3 Å². The molecule has 10 heteroatoms. The molecular formula is C18H22N2O8. The molecule has 0 aromatic heterocycles. The Morgan fingerprint density at radius 3 is 2.46 bits per heavy atom. The predicted molar refractivity (Wildman–Crippen MR) is 94.3 cm³/mol. The van der Waals surface area contributed by atoms with Crippen molar-refractivity contribution in [1.29, 1.82) is 0 Å². The summed E-state index contributed by atoms with van der Waals surface area (Å²) in [5, 5.41) is 42.0. The summed E-state index contributed by atoms with van der Waals surface area (Å²) >= 11 is 0. The highest BCUT2D eigenvalue weighted by Gasteiger charge is 2.60. The first-order valence-electron chi connectivity index (χ1n) is 8.98. The minimum Gasteiger partial charge on any atom is -0.499 e. The quantitative estimate of drug-likeness (QED) is 0.265. The van der Waals surface area contributed by atoms with Gasteiger partial charge in [0.25, 0.3) is 5.72 Å². The Labute approximate surface area is 160 Å². The van der Waals surface area contributed by atoms with Crippen molar-refractivity contribution in [2.45, 2.75) is 37.3 Å². The Morgan fingerprint density at radius 2 is 1.89 bits per heavy atom. The van der Waals surface area contributed by atoms with Gasteiger partial charge in [-0.25, -0.2) is 4.79 Å². The monoisotopic (exact) mass is 394 g/mol. The van der Waals surface area contributed by atoms with Gasteiger partial charge in [0.2, 0.25) is 11.5 Å². The second kappa shape index (κ2) is 8.13. The molecule has 0 aliphatic carbocycles. The van der Waals surface area contributed by atoms with Crippen LogP contribution in [0.1, 0.15) is 31.1 Å². The molecule has 1 aromatic carbocycles. The fraction of sp³-hybridized carbons (Fsp3) is 0.500. The number of benzene rings is 1. The Morgan fingerprint density at radius 1 is 1.25 bits per heavy atom. The zero-order valence-electron chi connectivity index (χ0n) is 15.1. The van der Waals surface area contributed by atoms with E-state index in [9.17, 15) is 30.2 Å². The summed E-state index contributed by atoms with van der Waals surface area (Å²) in [5.74, 6) is -2.70. The van der Waals surface area contributed by atoms with E-state index < -0.39 is 47.1 Å². The summed E-state index contributed by atoms with van der Waals surface area (Å²) in [4.78, 5) is 24.6. The molecule has 10 nitrogen and oxygen atoms in total. The molecule has 0 saturated carbocycles. The van der Waals surface area contributed by atoms with Crippen molar-refractivity contribution < 1.29 is 34.5 Å². The first-order valence-corrected chi connectivity index (χ1v) is 8.98. The van der Waals surface area contributed by atoms with Crippen LogP contribution in [0.3, 0.4) is 0 Å². The van der Waals surface area contributed by atoms with Gasteiger partial charge in [0.1, 0.15) is 6.10 Å². The number of hydrogen-bond acceptors (Lipinski definition) is 9. The minimum atomic E-state index is -2.03. The molecule has 2 heterocycles. The lowest BCUT2D eigenvalue weighted by atomic mass is 9.98. The van der Waals surface area contributed by atoms with Crippen LogP contribution in [0.25, 0.3) is 0 Å². The van der Waals surface area contributed by atoms with Crippen LogP contribution in [0.5, 0.6) is 0 Å². The van der Waals surface area contributed by atoms with Crippen molar-refractivity contribution in [2.75, 3.05) is 19.7 Å². The number of likely N-dealkylation sites (tertiary alicyclic amines) is 1. The maximum absolute atomic E-state index is 12.2. The van der Waals surface area contributed by atoms with E-state index in [2.05, 4.69) is 0 Å². The van der Waals surface area contributed by atoms with Gasteiger partial charge < -0.3 is 24.8 Å². The fourth-order valence-electron chi connectivity index (χ4n) is 3.59. The summed E-state index contributed by atoms with van der Waals surface area (Å²) in [5.41, 5.74) is -1.85. The number of rotatable bonds is 7. The highest BCUT2D eigenvalue weighted by atomic mass is 16.7. The third-order valence-electron chi connectivity index (χ3n) is 4.94. The summed E-state index contributed by atoms with van der Waals surface area (Å²) in [7, 11) is 0. The summed E-state index contributed by atoms with van der Waals surface area (Å²) in [6.07, 6.45) is -1.05. The number of nitro groups is 1. The van der Waals surface area contributed by atoms with Crippen LogP contribution in [0.2, 0.25) is 0 Å². The molecule has 2 aliphatic rings. The summed E-state index contributed by atoms with van der Waals surface area (Å²) in [6, 6.07) is 7.77. The number of nitrogens with zero attached hydrogens (tertiary/aromatic N) is 2. The van der Waals surface area contributed by atoms with Crippen molar-refractivity contribution in [1.82, 2.24) is 4.90 Å². The first kappa shape index (κ1) is 20.1. The standard InChI is InChI=1S/C18H22N2O8/c21-11-13(22)18(19-9-5-2-6-10-19)15(14(23)17(24)28-18)27-16(20(25)26)12-7-3-1-4-8-12/h1,3-4,7-8,13,16,21-23H,2,5-6,9-11H2/t13-,16?,18+/m0/s1. The molecule has 1 unspecified atom stereocenters. The number of ether oxygens (including phenoxy) is 2. The molecule has 0 spiro atoms. The number of esters is 1. The third-order valence-corrected chi connectivity index (χ3v) is 4.94. The van der Waals surface area contributed by atoms with Crippen molar-refractivity contribution in [3.8, 4) is 0 Å². The number of aliphatic hydroxyl groups is 3. The third kappa shape index (κ3) is 3.41. The van der Waals surface area contributed by atoms with E-state index >= 15 is 0 Å². The van der Waals surface area contributed by atoms with Crippen molar-refractivity contribution in [3.05, 3.63) is 57.5 Å². The van der Waals surface area contributed by atoms with E-state index in [1.165, 1.54) is 12.1 Å². The molecule has 0 amide bonds. The molecule has 28 heavy (non-hydrogen) atoms. The molecule has 0 bridgehead atoms. The zero-order chi connectivity index (χ0) is 20.3. The average Bonchev–Trinajstić information content (AvgIpc) is 2.97. The van der Waals surface area contributed by atoms with Gasteiger partial charge in [-0.05, 0) is 25.0 Å². The second-order valence-electron chi connectivity index (χ2n) is 6.68.